The standard InChI is InChI=1S/C13H21N3O/c1-2-3-4-5-13(17)16-12-7-6-10(9-14)8-11(12)15/h6-8H,2-5,9,14-15H2,1H3,(H,16,17). The first kappa shape index (κ1) is 13.5. The zero-order valence-corrected chi connectivity index (χ0v) is 10.3. The van der Waals surface area contributed by atoms with E-state index in [0.717, 1.165) is 24.8 Å². The SMILES string of the molecule is CCCCCC(=O)Nc1ccc(CN)cc1N. The molecule has 0 aliphatic rings. The zero-order valence-electron chi connectivity index (χ0n) is 10.3. The van der Waals surface area contributed by atoms with Crippen molar-refractivity contribution < 1.29 is 4.79 Å². The molecule has 5 N–H and O–H groups in total. The Labute approximate surface area is 102 Å². The van der Waals surface area contributed by atoms with Gasteiger partial charge in [0.1, 0.15) is 0 Å². The molecule has 0 saturated heterocycles. The van der Waals surface area contributed by atoms with Crippen molar-refractivity contribution in [1.82, 2.24) is 0 Å². The smallest absolute Gasteiger partial charge is 0.224 e. The van der Waals surface area contributed by atoms with Crippen LogP contribution in [0.5, 0.6) is 0 Å². The fraction of sp³-hybridized carbons (Fsp3) is 0.462. The first-order chi connectivity index (χ1) is 8.17. The van der Waals surface area contributed by atoms with Crippen LogP contribution in [0.1, 0.15) is 38.2 Å². The Morgan fingerprint density at radius 3 is 2.71 bits per heavy atom. The van der Waals surface area contributed by atoms with E-state index < -0.39 is 0 Å². The molecule has 17 heavy (non-hydrogen) atoms. The van der Waals surface area contributed by atoms with E-state index in [1.54, 1.807) is 12.1 Å². The highest BCUT2D eigenvalue weighted by molar-refractivity contribution is 5.93. The Morgan fingerprint density at radius 1 is 1.35 bits per heavy atom. The first-order valence-electron chi connectivity index (χ1n) is 6.05. The maximum atomic E-state index is 11.6. The van der Waals surface area contributed by atoms with Crippen LogP contribution < -0.4 is 16.8 Å². The number of nitrogen functional groups attached to an aromatic ring is 1. The van der Waals surface area contributed by atoms with Gasteiger partial charge in [-0.3, -0.25) is 4.79 Å². The van der Waals surface area contributed by atoms with E-state index in [-0.39, 0.29) is 5.91 Å². The predicted octanol–water partition coefficient (Wildman–Crippen LogP) is 2.25. The summed E-state index contributed by atoms with van der Waals surface area (Å²) in [5.41, 5.74) is 13.5. The average Bonchev–Trinajstić information content (AvgIpc) is 2.32. The zero-order chi connectivity index (χ0) is 12.7. The Balaban J connectivity index is 2.53. The second-order valence-electron chi connectivity index (χ2n) is 4.13. The van der Waals surface area contributed by atoms with Crippen molar-refractivity contribution in [2.24, 2.45) is 5.73 Å². The van der Waals surface area contributed by atoms with Crippen LogP contribution in [0.2, 0.25) is 0 Å². The van der Waals surface area contributed by atoms with Gasteiger partial charge in [0.2, 0.25) is 5.91 Å². The topological polar surface area (TPSA) is 81.1 Å². The molecule has 4 nitrogen and oxygen atoms in total. The van der Waals surface area contributed by atoms with Gasteiger partial charge in [0, 0.05) is 13.0 Å². The quantitative estimate of drug-likeness (QED) is 0.522. The number of nitrogens with two attached hydrogens (primary N) is 2. The molecule has 0 fully saturated rings. The van der Waals surface area contributed by atoms with Crippen molar-refractivity contribution in [2.75, 3.05) is 11.1 Å². The number of carbonyl (C=O) groups excluding carboxylic acids is 1. The van der Waals surface area contributed by atoms with Crippen molar-refractivity contribution in [1.29, 1.82) is 0 Å². The first-order valence-corrected chi connectivity index (χ1v) is 6.05. The molecular weight excluding hydrogens is 214 g/mol. The van der Waals surface area contributed by atoms with Gasteiger partial charge in [-0.05, 0) is 24.1 Å². The van der Waals surface area contributed by atoms with Gasteiger partial charge in [-0.2, -0.15) is 0 Å². The molecule has 1 amide bonds. The third-order valence-electron chi connectivity index (χ3n) is 2.63. The number of unbranched alkanes of at least 4 members (excludes halogenated alkanes) is 2. The Hall–Kier alpha value is -1.55. The number of carbonyl (C=O) groups is 1. The Kier molecular flexibility index (Phi) is 5.49. The molecule has 0 radical (unpaired) electrons. The monoisotopic (exact) mass is 235 g/mol. The lowest BCUT2D eigenvalue weighted by Crippen LogP contribution is -2.12. The fourth-order valence-corrected chi connectivity index (χ4v) is 1.60. The molecular formula is C13H21N3O. The molecule has 0 atom stereocenters. The van der Waals surface area contributed by atoms with Crippen molar-refractivity contribution in [3.8, 4) is 0 Å². The van der Waals surface area contributed by atoms with Crippen LogP contribution in [0.3, 0.4) is 0 Å². The van der Waals surface area contributed by atoms with E-state index in [4.69, 9.17) is 11.5 Å². The van der Waals surface area contributed by atoms with E-state index in [9.17, 15) is 4.79 Å². The summed E-state index contributed by atoms with van der Waals surface area (Å²) in [4.78, 5) is 11.6. The molecule has 0 spiro atoms. The minimum atomic E-state index is 0.0191. The maximum Gasteiger partial charge on any atom is 0.224 e. The maximum absolute atomic E-state index is 11.6. The lowest BCUT2D eigenvalue weighted by molar-refractivity contribution is -0.116. The van der Waals surface area contributed by atoms with Gasteiger partial charge in [-0.15, -0.1) is 0 Å². The van der Waals surface area contributed by atoms with Crippen LogP contribution in [0.4, 0.5) is 11.4 Å². The van der Waals surface area contributed by atoms with Crippen molar-refractivity contribution >= 4 is 17.3 Å². The highest BCUT2D eigenvalue weighted by atomic mass is 16.1. The molecule has 1 rings (SSSR count). The number of anilines is 2. The second kappa shape index (κ2) is 6.91. The molecule has 0 saturated carbocycles. The number of benzene rings is 1. The van der Waals surface area contributed by atoms with E-state index in [0.29, 0.717) is 24.3 Å². The molecule has 1 aromatic rings. The van der Waals surface area contributed by atoms with E-state index >= 15 is 0 Å². The average molecular weight is 235 g/mol. The van der Waals surface area contributed by atoms with E-state index in [1.807, 2.05) is 6.07 Å². The molecule has 0 aliphatic heterocycles. The highest BCUT2D eigenvalue weighted by Crippen LogP contribution is 2.20. The van der Waals surface area contributed by atoms with Gasteiger partial charge < -0.3 is 16.8 Å². The lowest BCUT2D eigenvalue weighted by atomic mass is 10.1. The van der Waals surface area contributed by atoms with Gasteiger partial charge in [0.05, 0.1) is 11.4 Å². The molecule has 4 heteroatoms. The van der Waals surface area contributed by atoms with Crippen LogP contribution in [0, 0.1) is 0 Å². The van der Waals surface area contributed by atoms with Crippen molar-refractivity contribution in [3.63, 3.8) is 0 Å². The number of hydrogen-bond acceptors (Lipinski definition) is 3. The number of nitrogens with one attached hydrogen (secondary N) is 1. The summed E-state index contributed by atoms with van der Waals surface area (Å²) < 4.78 is 0. The van der Waals surface area contributed by atoms with Crippen LogP contribution >= 0.6 is 0 Å². The van der Waals surface area contributed by atoms with Crippen LogP contribution in [-0.2, 0) is 11.3 Å². The van der Waals surface area contributed by atoms with Gasteiger partial charge in [-0.1, -0.05) is 25.8 Å². The van der Waals surface area contributed by atoms with Gasteiger partial charge in [-0.25, -0.2) is 0 Å². The Morgan fingerprint density at radius 2 is 2.12 bits per heavy atom. The summed E-state index contributed by atoms with van der Waals surface area (Å²) in [6.07, 6.45) is 3.66. The minimum absolute atomic E-state index is 0.0191. The molecule has 94 valence electrons. The summed E-state index contributed by atoms with van der Waals surface area (Å²) in [5.74, 6) is 0.0191. The molecule has 0 aromatic heterocycles. The molecule has 0 aliphatic carbocycles. The molecule has 1 aromatic carbocycles. The van der Waals surface area contributed by atoms with E-state index in [1.165, 1.54) is 0 Å². The van der Waals surface area contributed by atoms with Crippen LogP contribution in [0.15, 0.2) is 18.2 Å². The number of rotatable bonds is 6. The molecule has 0 unspecified atom stereocenters. The normalized spacial score (nSPS) is 10.2. The fourth-order valence-electron chi connectivity index (χ4n) is 1.60. The summed E-state index contributed by atoms with van der Waals surface area (Å²) in [5, 5.41) is 2.82. The second-order valence-corrected chi connectivity index (χ2v) is 4.13. The summed E-state index contributed by atoms with van der Waals surface area (Å²) in [6, 6.07) is 5.47. The number of hydrogen-bond donors (Lipinski definition) is 3. The molecule has 0 heterocycles. The summed E-state index contributed by atoms with van der Waals surface area (Å²) in [6.45, 7) is 2.57. The lowest BCUT2D eigenvalue weighted by Gasteiger charge is -2.09. The van der Waals surface area contributed by atoms with Crippen LogP contribution in [0.25, 0.3) is 0 Å². The van der Waals surface area contributed by atoms with Crippen molar-refractivity contribution in [3.05, 3.63) is 23.8 Å². The van der Waals surface area contributed by atoms with Gasteiger partial charge >= 0.3 is 0 Å². The van der Waals surface area contributed by atoms with E-state index in [2.05, 4.69) is 12.2 Å². The Bertz CT molecular complexity index is 377. The summed E-state index contributed by atoms with van der Waals surface area (Å²) in [7, 11) is 0. The minimum Gasteiger partial charge on any atom is -0.397 e. The van der Waals surface area contributed by atoms with Crippen LogP contribution in [-0.4, -0.2) is 5.91 Å². The van der Waals surface area contributed by atoms with Gasteiger partial charge in [0.15, 0.2) is 0 Å². The number of amides is 1. The summed E-state index contributed by atoms with van der Waals surface area (Å²) >= 11 is 0. The van der Waals surface area contributed by atoms with Gasteiger partial charge in [0.25, 0.3) is 0 Å². The highest BCUT2D eigenvalue weighted by Gasteiger charge is 2.05. The predicted molar refractivity (Wildman–Crippen MR) is 71.5 cm³/mol. The third-order valence-corrected chi connectivity index (χ3v) is 2.63. The molecule has 0 bridgehead atoms. The largest absolute Gasteiger partial charge is 0.397 e. The third kappa shape index (κ3) is 4.44. The van der Waals surface area contributed by atoms with Crippen molar-refractivity contribution in [2.45, 2.75) is 39.2 Å².